The van der Waals surface area contributed by atoms with E-state index in [4.69, 9.17) is 10.8 Å². The van der Waals surface area contributed by atoms with Crippen molar-refractivity contribution in [1.82, 2.24) is 9.78 Å². The van der Waals surface area contributed by atoms with Crippen molar-refractivity contribution in [1.29, 1.82) is 0 Å². The van der Waals surface area contributed by atoms with Gasteiger partial charge < -0.3 is 10.8 Å². The topological polar surface area (TPSA) is 64.1 Å². The van der Waals surface area contributed by atoms with Crippen molar-refractivity contribution in [2.45, 2.75) is 6.54 Å². The smallest absolute Gasteiger partial charge is 0.159 e. The SMILES string of the molecule is Nc1cc(-c2ccc(F)c(F)c2)nn1CCO. The van der Waals surface area contributed by atoms with E-state index in [0.717, 1.165) is 12.1 Å². The predicted octanol–water partition coefficient (Wildman–Crippen LogP) is 1.40. The zero-order valence-corrected chi connectivity index (χ0v) is 8.90. The zero-order valence-electron chi connectivity index (χ0n) is 8.90. The van der Waals surface area contributed by atoms with Crippen molar-refractivity contribution >= 4 is 5.82 Å². The number of hydrogen-bond acceptors (Lipinski definition) is 3. The van der Waals surface area contributed by atoms with E-state index >= 15 is 0 Å². The monoisotopic (exact) mass is 239 g/mol. The van der Waals surface area contributed by atoms with Gasteiger partial charge in [0.15, 0.2) is 11.6 Å². The molecule has 0 aliphatic carbocycles. The van der Waals surface area contributed by atoms with E-state index in [9.17, 15) is 8.78 Å². The number of nitrogen functional groups attached to an aromatic ring is 1. The van der Waals surface area contributed by atoms with Crippen molar-refractivity contribution < 1.29 is 13.9 Å². The Kier molecular flexibility index (Phi) is 3.06. The average molecular weight is 239 g/mol. The number of nitrogens with two attached hydrogens (primary N) is 1. The van der Waals surface area contributed by atoms with Gasteiger partial charge in [0.1, 0.15) is 5.82 Å². The normalized spacial score (nSPS) is 10.8. The average Bonchev–Trinajstić information content (AvgIpc) is 2.65. The van der Waals surface area contributed by atoms with E-state index in [1.54, 1.807) is 6.07 Å². The van der Waals surface area contributed by atoms with Gasteiger partial charge in [-0.2, -0.15) is 5.10 Å². The minimum Gasteiger partial charge on any atom is -0.394 e. The number of rotatable bonds is 3. The maximum Gasteiger partial charge on any atom is 0.159 e. The first kappa shape index (κ1) is 11.5. The van der Waals surface area contributed by atoms with Gasteiger partial charge in [-0.1, -0.05) is 0 Å². The number of halogens is 2. The molecule has 0 saturated heterocycles. The van der Waals surface area contributed by atoms with Crippen LogP contribution in [0.25, 0.3) is 11.3 Å². The third kappa shape index (κ3) is 2.26. The van der Waals surface area contributed by atoms with E-state index in [1.807, 2.05) is 0 Å². The summed E-state index contributed by atoms with van der Waals surface area (Å²) in [5.41, 5.74) is 6.53. The second-order valence-electron chi connectivity index (χ2n) is 3.53. The Labute approximate surface area is 96.3 Å². The molecule has 2 aromatic rings. The molecular formula is C11H11F2N3O. The number of benzene rings is 1. The van der Waals surface area contributed by atoms with E-state index in [0.29, 0.717) is 17.1 Å². The van der Waals surface area contributed by atoms with Crippen molar-refractivity contribution in [2.24, 2.45) is 0 Å². The van der Waals surface area contributed by atoms with E-state index in [1.165, 1.54) is 10.7 Å². The van der Waals surface area contributed by atoms with Crippen LogP contribution in [0.1, 0.15) is 0 Å². The molecule has 0 aliphatic heterocycles. The second kappa shape index (κ2) is 4.50. The Balaban J connectivity index is 2.39. The van der Waals surface area contributed by atoms with Gasteiger partial charge in [0, 0.05) is 11.6 Å². The third-order valence-electron chi connectivity index (χ3n) is 2.34. The van der Waals surface area contributed by atoms with Gasteiger partial charge in [-0.3, -0.25) is 0 Å². The maximum absolute atomic E-state index is 13.0. The van der Waals surface area contributed by atoms with Crippen LogP contribution in [0.4, 0.5) is 14.6 Å². The van der Waals surface area contributed by atoms with Crippen LogP contribution >= 0.6 is 0 Å². The predicted molar refractivity (Wildman–Crippen MR) is 59.1 cm³/mol. The van der Waals surface area contributed by atoms with Crippen LogP contribution in [0.15, 0.2) is 24.3 Å². The molecule has 6 heteroatoms. The zero-order chi connectivity index (χ0) is 12.4. The van der Waals surface area contributed by atoms with Gasteiger partial charge in [-0.05, 0) is 18.2 Å². The van der Waals surface area contributed by atoms with Crippen molar-refractivity contribution in [3.05, 3.63) is 35.9 Å². The molecule has 0 fully saturated rings. The number of aliphatic hydroxyl groups excluding tert-OH is 1. The van der Waals surface area contributed by atoms with Crippen LogP contribution in [-0.4, -0.2) is 21.5 Å². The lowest BCUT2D eigenvalue weighted by atomic mass is 10.1. The molecule has 90 valence electrons. The number of aromatic nitrogens is 2. The van der Waals surface area contributed by atoms with E-state index in [-0.39, 0.29) is 13.2 Å². The van der Waals surface area contributed by atoms with Gasteiger partial charge >= 0.3 is 0 Å². The number of hydrogen-bond donors (Lipinski definition) is 2. The van der Waals surface area contributed by atoms with Crippen LogP contribution in [0.3, 0.4) is 0 Å². The minimum atomic E-state index is -0.933. The molecule has 1 aromatic heterocycles. The number of nitrogens with zero attached hydrogens (tertiary/aromatic N) is 2. The molecule has 0 aliphatic rings. The summed E-state index contributed by atoms with van der Waals surface area (Å²) in [6, 6.07) is 5.05. The Hall–Kier alpha value is -1.95. The Morgan fingerprint density at radius 1 is 1.24 bits per heavy atom. The van der Waals surface area contributed by atoms with Crippen LogP contribution in [0.5, 0.6) is 0 Å². The lowest BCUT2D eigenvalue weighted by Crippen LogP contribution is -2.07. The third-order valence-corrected chi connectivity index (χ3v) is 2.34. The van der Waals surface area contributed by atoms with E-state index in [2.05, 4.69) is 5.10 Å². The summed E-state index contributed by atoms with van der Waals surface area (Å²) in [6.45, 7) is 0.165. The molecule has 4 nitrogen and oxygen atoms in total. The molecule has 2 rings (SSSR count). The maximum atomic E-state index is 13.0. The summed E-state index contributed by atoms with van der Waals surface area (Å²) in [5, 5.41) is 12.9. The molecule has 1 aromatic carbocycles. The molecule has 0 bridgehead atoms. The first-order valence-corrected chi connectivity index (χ1v) is 5.01. The molecular weight excluding hydrogens is 228 g/mol. The highest BCUT2D eigenvalue weighted by atomic mass is 19.2. The van der Waals surface area contributed by atoms with Crippen molar-refractivity contribution in [3.63, 3.8) is 0 Å². The molecule has 3 N–H and O–H groups in total. The fourth-order valence-electron chi connectivity index (χ4n) is 1.50. The van der Waals surface area contributed by atoms with Crippen LogP contribution in [0.2, 0.25) is 0 Å². The largest absolute Gasteiger partial charge is 0.394 e. The summed E-state index contributed by atoms with van der Waals surface area (Å²) >= 11 is 0. The highest BCUT2D eigenvalue weighted by Crippen LogP contribution is 2.22. The van der Waals surface area contributed by atoms with Crippen molar-refractivity contribution in [3.8, 4) is 11.3 Å². The number of anilines is 1. The standard InChI is InChI=1S/C11H11F2N3O/c12-8-2-1-7(5-9(8)13)10-6-11(14)16(15-10)3-4-17/h1-2,5-6,17H,3-4,14H2. The van der Waals surface area contributed by atoms with Crippen LogP contribution < -0.4 is 5.73 Å². The first-order valence-electron chi connectivity index (χ1n) is 5.01. The lowest BCUT2D eigenvalue weighted by Gasteiger charge is -1.99. The Morgan fingerprint density at radius 3 is 2.65 bits per heavy atom. The summed E-state index contributed by atoms with van der Waals surface area (Å²) in [4.78, 5) is 0. The molecule has 17 heavy (non-hydrogen) atoms. The van der Waals surface area contributed by atoms with Gasteiger partial charge in [-0.25, -0.2) is 13.5 Å². The highest BCUT2D eigenvalue weighted by molar-refractivity contribution is 5.62. The molecule has 0 atom stereocenters. The second-order valence-corrected chi connectivity index (χ2v) is 3.53. The molecule has 0 amide bonds. The molecule has 0 unspecified atom stereocenters. The highest BCUT2D eigenvalue weighted by Gasteiger charge is 2.09. The van der Waals surface area contributed by atoms with Crippen LogP contribution in [0, 0.1) is 11.6 Å². The Bertz CT molecular complexity index is 540. The fraction of sp³-hybridized carbons (Fsp3) is 0.182. The Morgan fingerprint density at radius 2 is 2.00 bits per heavy atom. The van der Waals surface area contributed by atoms with Gasteiger partial charge in [0.2, 0.25) is 0 Å². The first-order chi connectivity index (χ1) is 8.11. The van der Waals surface area contributed by atoms with Crippen LogP contribution in [-0.2, 0) is 6.54 Å². The fourth-order valence-corrected chi connectivity index (χ4v) is 1.50. The van der Waals surface area contributed by atoms with Gasteiger partial charge in [-0.15, -0.1) is 0 Å². The van der Waals surface area contributed by atoms with Crippen molar-refractivity contribution in [2.75, 3.05) is 12.3 Å². The van der Waals surface area contributed by atoms with Gasteiger partial charge in [0.25, 0.3) is 0 Å². The molecule has 0 spiro atoms. The summed E-state index contributed by atoms with van der Waals surface area (Å²) < 4.78 is 27.2. The quantitative estimate of drug-likeness (QED) is 0.851. The summed E-state index contributed by atoms with van der Waals surface area (Å²) in [5.74, 6) is -1.48. The lowest BCUT2D eigenvalue weighted by molar-refractivity contribution is 0.270. The van der Waals surface area contributed by atoms with E-state index < -0.39 is 11.6 Å². The number of aliphatic hydroxyl groups is 1. The minimum absolute atomic E-state index is 0.0941. The summed E-state index contributed by atoms with van der Waals surface area (Å²) in [7, 11) is 0. The molecule has 0 radical (unpaired) electrons. The summed E-state index contributed by atoms with van der Waals surface area (Å²) in [6.07, 6.45) is 0. The molecule has 0 saturated carbocycles. The van der Waals surface area contributed by atoms with Gasteiger partial charge in [0.05, 0.1) is 18.8 Å². The molecule has 1 heterocycles.